The number of nitrogens with two attached hydrogens (primary N) is 1. The normalized spacial score (nSPS) is 25.0. The molecule has 9 nitrogen and oxygen atoms in total. The van der Waals surface area contributed by atoms with Crippen molar-refractivity contribution in [2.45, 2.75) is 17.9 Å². The number of sulfone groups is 1. The van der Waals surface area contributed by atoms with Crippen molar-refractivity contribution in [1.29, 1.82) is 0 Å². The molecular formula is C12H16ClN5O4S. The Labute approximate surface area is 138 Å². The number of ether oxygens (including phenoxy) is 1. The van der Waals surface area contributed by atoms with Gasteiger partial charge in [-0.25, -0.2) is 13.1 Å². The molecule has 0 bridgehead atoms. The topological polar surface area (TPSA) is 130 Å². The second-order valence-corrected chi connectivity index (χ2v) is 7.37. The van der Waals surface area contributed by atoms with E-state index in [1.54, 1.807) is 6.92 Å². The zero-order valence-corrected chi connectivity index (χ0v) is 14.3. The molecule has 1 aromatic heterocycles. The molecule has 0 saturated heterocycles. The number of allylic oxidation sites excluding steroid dienone is 2. The van der Waals surface area contributed by atoms with Crippen LogP contribution < -0.4 is 5.73 Å². The van der Waals surface area contributed by atoms with Gasteiger partial charge in [-0.15, -0.1) is 16.7 Å². The average Bonchev–Trinajstić information content (AvgIpc) is 2.86. The number of primary amides is 1. The average molecular weight is 362 g/mol. The number of rotatable bonds is 5. The fraction of sp³-hybridized carbons (Fsp3) is 0.500. The van der Waals surface area contributed by atoms with Gasteiger partial charge in [0.05, 0.1) is 4.91 Å². The highest BCUT2D eigenvalue weighted by Gasteiger charge is 2.55. The molecule has 2 N–H and O–H groups in total. The molecule has 23 heavy (non-hydrogen) atoms. The lowest BCUT2D eigenvalue weighted by Gasteiger charge is -2.39. The van der Waals surface area contributed by atoms with Gasteiger partial charge in [0.1, 0.15) is 5.38 Å². The molecule has 0 aliphatic heterocycles. The van der Waals surface area contributed by atoms with E-state index in [4.69, 9.17) is 22.1 Å². The van der Waals surface area contributed by atoms with Crippen molar-refractivity contribution in [2.24, 2.45) is 12.8 Å². The lowest BCUT2D eigenvalue weighted by Crippen LogP contribution is -2.49. The minimum atomic E-state index is -3.73. The summed E-state index contributed by atoms with van der Waals surface area (Å²) in [5, 5.41) is 9.85. The van der Waals surface area contributed by atoms with Gasteiger partial charge >= 0.3 is 0 Å². The number of amides is 1. The maximum atomic E-state index is 12.3. The first-order valence-corrected chi connectivity index (χ1v) is 8.92. The van der Waals surface area contributed by atoms with Crippen molar-refractivity contribution >= 4 is 27.3 Å². The van der Waals surface area contributed by atoms with Gasteiger partial charge in [0.15, 0.2) is 21.3 Å². The van der Waals surface area contributed by atoms with Crippen LogP contribution in [-0.2, 0) is 32.0 Å². The van der Waals surface area contributed by atoms with Gasteiger partial charge in [0.25, 0.3) is 0 Å². The summed E-state index contributed by atoms with van der Waals surface area (Å²) in [6.45, 7) is 1.77. The Kier molecular flexibility index (Phi) is 4.60. The van der Waals surface area contributed by atoms with Crippen LogP contribution in [0.15, 0.2) is 22.6 Å². The third-order valence-corrected chi connectivity index (χ3v) is 5.20. The van der Waals surface area contributed by atoms with Crippen LogP contribution in [0.5, 0.6) is 0 Å². The molecule has 126 valence electrons. The van der Waals surface area contributed by atoms with E-state index < -0.39 is 26.7 Å². The molecule has 0 saturated carbocycles. The van der Waals surface area contributed by atoms with E-state index in [-0.39, 0.29) is 22.9 Å². The van der Waals surface area contributed by atoms with Crippen molar-refractivity contribution in [1.82, 2.24) is 20.2 Å². The summed E-state index contributed by atoms with van der Waals surface area (Å²) in [4.78, 5) is 11.5. The lowest BCUT2D eigenvalue weighted by molar-refractivity contribution is -0.115. The standard InChI is InChI=1S/C12H16ClN5O4S/c1-4-22-12(11-15-16-17-18(11)2)8(23(3,20)21)6-5-7(9(12)13)10(14)19/h5-6,9H,4H2,1-3H3,(H2,14,19). The first-order chi connectivity index (χ1) is 10.7. The van der Waals surface area contributed by atoms with Crippen LogP contribution in [0.4, 0.5) is 0 Å². The van der Waals surface area contributed by atoms with Crippen LogP contribution in [0.25, 0.3) is 0 Å². The van der Waals surface area contributed by atoms with Crippen molar-refractivity contribution in [3.63, 3.8) is 0 Å². The SMILES string of the molecule is CCOC1(c2nnnn2C)C(S(C)(=O)=O)=CC=C(C(N)=O)C1Cl. The van der Waals surface area contributed by atoms with Gasteiger partial charge < -0.3 is 10.5 Å². The largest absolute Gasteiger partial charge is 0.366 e. The molecule has 2 unspecified atom stereocenters. The summed E-state index contributed by atoms with van der Waals surface area (Å²) in [6.07, 6.45) is 3.54. The highest BCUT2D eigenvalue weighted by Crippen LogP contribution is 2.46. The van der Waals surface area contributed by atoms with Crippen molar-refractivity contribution in [3.8, 4) is 0 Å². The predicted octanol–water partition coefficient (Wildman–Crippen LogP) is -0.597. The van der Waals surface area contributed by atoms with Crippen LogP contribution in [0.1, 0.15) is 12.7 Å². The molecule has 11 heteroatoms. The van der Waals surface area contributed by atoms with E-state index in [0.29, 0.717) is 0 Å². The smallest absolute Gasteiger partial charge is 0.246 e. The van der Waals surface area contributed by atoms with Crippen molar-refractivity contribution in [2.75, 3.05) is 12.9 Å². The monoisotopic (exact) mass is 361 g/mol. The summed E-state index contributed by atoms with van der Waals surface area (Å²) in [5.74, 6) is -0.726. The molecule has 0 aromatic carbocycles. The van der Waals surface area contributed by atoms with Crippen LogP contribution in [-0.4, -0.2) is 52.8 Å². The Morgan fingerprint density at radius 3 is 2.61 bits per heavy atom. The number of aromatic nitrogens is 4. The predicted molar refractivity (Wildman–Crippen MR) is 81.9 cm³/mol. The maximum absolute atomic E-state index is 12.3. The van der Waals surface area contributed by atoms with Crippen molar-refractivity contribution < 1.29 is 17.9 Å². The number of hydrogen-bond acceptors (Lipinski definition) is 7. The number of hydrogen-bond donors (Lipinski definition) is 1. The highest BCUT2D eigenvalue weighted by molar-refractivity contribution is 7.94. The van der Waals surface area contributed by atoms with E-state index in [9.17, 15) is 13.2 Å². The summed E-state index contributed by atoms with van der Waals surface area (Å²) in [7, 11) is -2.22. The number of alkyl halides is 1. The second-order valence-electron chi connectivity index (χ2n) is 4.95. The minimum absolute atomic E-state index is 0.00974. The van der Waals surface area contributed by atoms with E-state index in [1.165, 1.54) is 23.9 Å². The molecule has 1 heterocycles. The quantitative estimate of drug-likeness (QED) is 0.693. The third-order valence-electron chi connectivity index (χ3n) is 3.42. The van der Waals surface area contributed by atoms with Crippen LogP contribution >= 0.6 is 11.6 Å². The Hall–Kier alpha value is -1.78. The molecule has 2 rings (SSSR count). The van der Waals surface area contributed by atoms with Crippen LogP contribution in [0.2, 0.25) is 0 Å². The third kappa shape index (κ3) is 2.77. The molecule has 0 spiro atoms. The molecule has 0 radical (unpaired) electrons. The Morgan fingerprint density at radius 1 is 1.52 bits per heavy atom. The molecular weight excluding hydrogens is 346 g/mol. The van der Waals surface area contributed by atoms with E-state index in [0.717, 1.165) is 6.26 Å². The molecule has 1 aromatic rings. The number of halogens is 1. The Balaban J connectivity index is 2.85. The minimum Gasteiger partial charge on any atom is -0.366 e. The lowest BCUT2D eigenvalue weighted by atomic mass is 9.87. The zero-order valence-electron chi connectivity index (χ0n) is 12.7. The van der Waals surface area contributed by atoms with E-state index in [2.05, 4.69) is 15.5 Å². The van der Waals surface area contributed by atoms with Gasteiger partial charge in [-0.2, -0.15) is 0 Å². The number of nitrogens with zero attached hydrogens (tertiary/aromatic N) is 4. The van der Waals surface area contributed by atoms with Gasteiger partial charge in [0, 0.05) is 25.5 Å². The molecule has 1 aliphatic rings. The summed E-state index contributed by atoms with van der Waals surface area (Å²) in [5.41, 5.74) is 3.60. The van der Waals surface area contributed by atoms with E-state index in [1.807, 2.05) is 0 Å². The number of carbonyl (C=O) groups is 1. The van der Waals surface area contributed by atoms with Gasteiger partial charge in [-0.3, -0.25) is 4.79 Å². The van der Waals surface area contributed by atoms with Gasteiger partial charge in [-0.1, -0.05) is 6.08 Å². The van der Waals surface area contributed by atoms with Crippen LogP contribution in [0.3, 0.4) is 0 Å². The highest BCUT2D eigenvalue weighted by atomic mass is 35.5. The molecule has 1 aliphatic carbocycles. The van der Waals surface area contributed by atoms with Crippen LogP contribution in [0, 0.1) is 0 Å². The maximum Gasteiger partial charge on any atom is 0.246 e. The second kappa shape index (κ2) is 6.02. The fourth-order valence-corrected chi connectivity index (χ4v) is 4.19. The van der Waals surface area contributed by atoms with Gasteiger partial charge in [-0.05, 0) is 23.4 Å². The van der Waals surface area contributed by atoms with Crippen molar-refractivity contribution in [3.05, 3.63) is 28.5 Å². The molecule has 2 atom stereocenters. The molecule has 0 fully saturated rings. The number of aryl methyl sites for hydroxylation is 1. The Morgan fingerprint density at radius 2 is 2.17 bits per heavy atom. The first-order valence-electron chi connectivity index (χ1n) is 6.59. The number of carbonyl (C=O) groups excluding carboxylic acids is 1. The van der Waals surface area contributed by atoms with Gasteiger partial charge in [0.2, 0.25) is 5.91 Å². The van der Waals surface area contributed by atoms with E-state index >= 15 is 0 Å². The Bertz CT molecular complexity index is 800. The zero-order chi connectivity index (χ0) is 17.4. The summed E-state index contributed by atoms with van der Waals surface area (Å²) in [6, 6.07) is 0. The summed E-state index contributed by atoms with van der Waals surface area (Å²) < 4.78 is 31.5. The number of tetrazole rings is 1. The summed E-state index contributed by atoms with van der Waals surface area (Å²) >= 11 is 6.44. The fourth-order valence-electron chi connectivity index (χ4n) is 2.53. The first kappa shape index (κ1) is 17.6. The molecule has 1 amide bonds.